The van der Waals surface area contributed by atoms with Gasteiger partial charge in [0.15, 0.2) is 0 Å². The van der Waals surface area contributed by atoms with Gasteiger partial charge >= 0.3 is 0 Å². The molecule has 0 saturated carbocycles. The van der Waals surface area contributed by atoms with Crippen molar-refractivity contribution in [2.45, 2.75) is 52.1 Å². The molecule has 4 nitrogen and oxygen atoms in total. The summed E-state index contributed by atoms with van der Waals surface area (Å²) in [6.45, 7) is 12.7. The van der Waals surface area contributed by atoms with Gasteiger partial charge < -0.3 is 4.90 Å². The maximum Gasteiger partial charge on any atom is 0.0489 e. The topological polar surface area (TPSA) is 24.3 Å². The Labute approximate surface area is 158 Å². The molecular weight excluding hydrogens is 320 g/mol. The van der Waals surface area contributed by atoms with E-state index in [1.54, 1.807) is 0 Å². The minimum atomic E-state index is 0.618. The molecule has 0 atom stereocenters. The van der Waals surface area contributed by atoms with E-state index in [0.717, 1.165) is 13.1 Å². The fourth-order valence-electron chi connectivity index (χ4n) is 3.66. The van der Waals surface area contributed by atoms with Gasteiger partial charge in [-0.3, -0.25) is 9.58 Å². The molecule has 0 radical (unpaired) electrons. The normalized spacial score (nSPS) is 16.4. The quantitative estimate of drug-likeness (QED) is 0.636. The standard InChI is InChI=1S/C22H34N4/c1-20(2)22-9-7-21(8-10-22)19-25-17-15-24(16-18-25)12-4-3-5-13-26-14-6-11-23-26/h6-11,14,20H,3-5,12-13,15-19H2,1-2H3. The second-order valence-corrected chi connectivity index (χ2v) is 7.84. The Morgan fingerprint density at radius 1 is 0.885 bits per heavy atom. The van der Waals surface area contributed by atoms with Crippen LogP contribution in [0.1, 0.15) is 50.2 Å². The lowest BCUT2D eigenvalue weighted by Gasteiger charge is -2.34. The van der Waals surface area contributed by atoms with Gasteiger partial charge in [0.2, 0.25) is 0 Å². The first-order chi connectivity index (χ1) is 12.7. The van der Waals surface area contributed by atoms with Gasteiger partial charge in [-0.2, -0.15) is 5.10 Å². The molecule has 1 fully saturated rings. The van der Waals surface area contributed by atoms with Crippen molar-refractivity contribution >= 4 is 0 Å². The molecule has 142 valence electrons. The van der Waals surface area contributed by atoms with Gasteiger partial charge in [0.25, 0.3) is 0 Å². The lowest BCUT2D eigenvalue weighted by molar-refractivity contribution is 0.125. The van der Waals surface area contributed by atoms with Crippen LogP contribution in [0.25, 0.3) is 0 Å². The maximum absolute atomic E-state index is 4.26. The summed E-state index contributed by atoms with van der Waals surface area (Å²) in [5, 5.41) is 4.26. The molecule has 2 aromatic rings. The summed E-state index contributed by atoms with van der Waals surface area (Å²) in [6.07, 6.45) is 7.74. The molecule has 26 heavy (non-hydrogen) atoms. The fraction of sp³-hybridized carbons (Fsp3) is 0.591. The Morgan fingerprint density at radius 3 is 2.23 bits per heavy atom. The van der Waals surface area contributed by atoms with Crippen LogP contribution >= 0.6 is 0 Å². The summed E-state index contributed by atoms with van der Waals surface area (Å²) < 4.78 is 2.03. The molecule has 4 heteroatoms. The van der Waals surface area contributed by atoms with Gasteiger partial charge in [0.05, 0.1) is 0 Å². The molecule has 2 heterocycles. The Bertz CT molecular complexity index is 610. The van der Waals surface area contributed by atoms with E-state index >= 15 is 0 Å². The highest BCUT2D eigenvalue weighted by atomic mass is 15.3. The lowest BCUT2D eigenvalue weighted by atomic mass is 10.0. The highest BCUT2D eigenvalue weighted by molar-refractivity contribution is 5.24. The average Bonchev–Trinajstić information content (AvgIpc) is 3.17. The zero-order valence-corrected chi connectivity index (χ0v) is 16.5. The number of nitrogens with zero attached hydrogens (tertiary/aromatic N) is 4. The second kappa shape index (κ2) is 9.89. The summed E-state index contributed by atoms with van der Waals surface area (Å²) in [5.74, 6) is 0.618. The van der Waals surface area contributed by atoms with E-state index in [9.17, 15) is 0 Å². The zero-order chi connectivity index (χ0) is 18.2. The van der Waals surface area contributed by atoms with Gasteiger partial charge in [-0.05, 0) is 42.5 Å². The van der Waals surface area contributed by atoms with Gasteiger partial charge in [0, 0.05) is 51.7 Å². The number of aromatic nitrogens is 2. The number of hydrogen-bond donors (Lipinski definition) is 0. The number of rotatable bonds is 9. The molecule has 0 amide bonds. The number of hydrogen-bond acceptors (Lipinski definition) is 3. The summed E-state index contributed by atoms with van der Waals surface area (Å²) in [4.78, 5) is 5.23. The Balaban J connectivity index is 1.29. The van der Waals surface area contributed by atoms with Crippen LogP contribution in [-0.4, -0.2) is 52.3 Å². The van der Waals surface area contributed by atoms with Crippen molar-refractivity contribution in [3.05, 3.63) is 53.9 Å². The number of benzene rings is 1. The summed E-state index contributed by atoms with van der Waals surface area (Å²) >= 11 is 0. The van der Waals surface area contributed by atoms with Crippen LogP contribution < -0.4 is 0 Å². The predicted molar refractivity (Wildman–Crippen MR) is 108 cm³/mol. The third-order valence-electron chi connectivity index (χ3n) is 5.44. The molecule has 1 aromatic heterocycles. The van der Waals surface area contributed by atoms with Crippen LogP contribution in [0.4, 0.5) is 0 Å². The maximum atomic E-state index is 4.26. The van der Waals surface area contributed by atoms with Crippen molar-refractivity contribution in [3.63, 3.8) is 0 Å². The fourth-order valence-corrected chi connectivity index (χ4v) is 3.66. The highest BCUT2D eigenvalue weighted by Crippen LogP contribution is 2.16. The molecule has 0 aliphatic carbocycles. The second-order valence-electron chi connectivity index (χ2n) is 7.84. The number of unbranched alkanes of at least 4 members (excludes halogenated alkanes) is 2. The van der Waals surface area contributed by atoms with Crippen molar-refractivity contribution in [1.29, 1.82) is 0 Å². The third kappa shape index (κ3) is 5.96. The van der Waals surface area contributed by atoms with E-state index in [-0.39, 0.29) is 0 Å². The first-order valence-corrected chi connectivity index (χ1v) is 10.2. The average molecular weight is 355 g/mol. The molecule has 1 aromatic carbocycles. The molecular formula is C22H34N4. The molecule has 1 aliphatic rings. The molecule has 0 spiro atoms. The highest BCUT2D eigenvalue weighted by Gasteiger charge is 2.16. The van der Waals surface area contributed by atoms with Crippen LogP contribution in [0.5, 0.6) is 0 Å². The van der Waals surface area contributed by atoms with Gasteiger partial charge in [-0.15, -0.1) is 0 Å². The lowest BCUT2D eigenvalue weighted by Crippen LogP contribution is -2.46. The molecule has 1 saturated heterocycles. The first-order valence-electron chi connectivity index (χ1n) is 10.2. The largest absolute Gasteiger partial charge is 0.301 e. The first kappa shape index (κ1) is 19.1. The van der Waals surface area contributed by atoms with E-state index in [4.69, 9.17) is 0 Å². The van der Waals surface area contributed by atoms with Gasteiger partial charge in [0.1, 0.15) is 0 Å². The zero-order valence-electron chi connectivity index (χ0n) is 16.5. The summed E-state index contributed by atoms with van der Waals surface area (Å²) in [6, 6.07) is 11.2. The van der Waals surface area contributed by atoms with Crippen molar-refractivity contribution in [3.8, 4) is 0 Å². The Kier molecular flexibility index (Phi) is 7.27. The van der Waals surface area contributed by atoms with Crippen molar-refractivity contribution < 1.29 is 0 Å². The van der Waals surface area contributed by atoms with Crippen molar-refractivity contribution in [2.75, 3.05) is 32.7 Å². The van der Waals surface area contributed by atoms with Crippen LogP contribution in [-0.2, 0) is 13.1 Å². The third-order valence-corrected chi connectivity index (χ3v) is 5.44. The van der Waals surface area contributed by atoms with Gasteiger partial charge in [-0.1, -0.05) is 44.5 Å². The van der Waals surface area contributed by atoms with E-state index in [0.29, 0.717) is 5.92 Å². The number of aryl methyl sites for hydroxylation is 1. The van der Waals surface area contributed by atoms with Crippen LogP contribution in [0.15, 0.2) is 42.7 Å². The molecule has 0 bridgehead atoms. The van der Waals surface area contributed by atoms with E-state index in [2.05, 4.69) is 59.2 Å². The van der Waals surface area contributed by atoms with Gasteiger partial charge in [-0.25, -0.2) is 0 Å². The minimum Gasteiger partial charge on any atom is -0.301 e. The molecule has 0 N–H and O–H groups in total. The molecule has 0 unspecified atom stereocenters. The summed E-state index contributed by atoms with van der Waals surface area (Å²) in [7, 11) is 0. The van der Waals surface area contributed by atoms with Crippen LogP contribution in [0, 0.1) is 0 Å². The monoisotopic (exact) mass is 354 g/mol. The Hall–Kier alpha value is -1.65. The minimum absolute atomic E-state index is 0.618. The predicted octanol–water partition coefficient (Wildman–Crippen LogP) is 3.99. The SMILES string of the molecule is CC(C)c1ccc(CN2CCN(CCCCCn3cccn3)CC2)cc1. The van der Waals surface area contributed by atoms with E-state index < -0.39 is 0 Å². The van der Waals surface area contributed by atoms with E-state index in [1.807, 2.05) is 16.9 Å². The number of piperazine rings is 1. The van der Waals surface area contributed by atoms with Crippen molar-refractivity contribution in [2.24, 2.45) is 0 Å². The summed E-state index contributed by atoms with van der Waals surface area (Å²) in [5.41, 5.74) is 2.88. The van der Waals surface area contributed by atoms with Crippen LogP contribution in [0.2, 0.25) is 0 Å². The van der Waals surface area contributed by atoms with Crippen molar-refractivity contribution in [1.82, 2.24) is 19.6 Å². The smallest absolute Gasteiger partial charge is 0.0489 e. The molecule has 1 aliphatic heterocycles. The van der Waals surface area contributed by atoms with Crippen LogP contribution in [0.3, 0.4) is 0 Å². The Morgan fingerprint density at radius 2 is 1.58 bits per heavy atom. The molecule has 3 rings (SSSR count). The van der Waals surface area contributed by atoms with E-state index in [1.165, 1.54) is 63.1 Å².